The Morgan fingerprint density at radius 1 is 0.886 bits per heavy atom. The number of rotatable bonds is 8. The van der Waals surface area contributed by atoms with Gasteiger partial charge in [0.25, 0.3) is 5.91 Å². The van der Waals surface area contributed by atoms with Gasteiger partial charge in [-0.15, -0.1) is 11.3 Å². The second-order valence-electron chi connectivity index (χ2n) is 10.1. The molecule has 1 atom stereocenters. The van der Waals surface area contributed by atoms with Gasteiger partial charge in [-0.3, -0.25) is 9.69 Å². The van der Waals surface area contributed by atoms with E-state index in [0.717, 1.165) is 49.0 Å². The van der Waals surface area contributed by atoms with Crippen LogP contribution in [0.2, 0.25) is 0 Å². The highest BCUT2D eigenvalue weighted by Gasteiger charge is 2.25. The van der Waals surface area contributed by atoms with Crippen molar-refractivity contribution in [2.45, 2.75) is 38.6 Å². The van der Waals surface area contributed by atoms with E-state index in [1.165, 1.54) is 54.8 Å². The summed E-state index contributed by atoms with van der Waals surface area (Å²) in [4.78, 5) is 18.1. The van der Waals surface area contributed by atoms with Gasteiger partial charge in [-0.1, -0.05) is 48.5 Å². The Bertz CT molecular complexity index is 1060. The summed E-state index contributed by atoms with van der Waals surface area (Å²) in [5.74, 6) is 2.30. The van der Waals surface area contributed by atoms with E-state index in [0.29, 0.717) is 12.5 Å². The minimum absolute atomic E-state index is 0.166. The van der Waals surface area contributed by atoms with Crippen molar-refractivity contribution < 1.29 is 9.53 Å². The van der Waals surface area contributed by atoms with Gasteiger partial charge in [0.15, 0.2) is 0 Å². The van der Waals surface area contributed by atoms with Crippen molar-refractivity contribution in [2.75, 3.05) is 32.8 Å². The smallest absolute Gasteiger partial charge is 0.263 e. The second-order valence-corrected chi connectivity index (χ2v) is 11.1. The van der Waals surface area contributed by atoms with Crippen molar-refractivity contribution in [3.63, 3.8) is 0 Å². The molecule has 1 amide bonds. The van der Waals surface area contributed by atoms with E-state index in [2.05, 4.69) is 59.5 Å². The van der Waals surface area contributed by atoms with Crippen LogP contribution in [0.15, 0.2) is 72.1 Å². The normalized spacial score (nSPS) is 19.5. The molecule has 0 radical (unpaired) electrons. The quantitative estimate of drug-likeness (QED) is 0.382. The highest BCUT2D eigenvalue weighted by atomic mass is 32.1. The summed E-state index contributed by atoms with van der Waals surface area (Å²) < 4.78 is 6.22. The zero-order chi connectivity index (χ0) is 23.9. The molecule has 1 aromatic heterocycles. The molecule has 0 N–H and O–H groups in total. The van der Waals surface area contributed by atoms with E-state index in [1.807, 2.05) is 22.4 Å². The molecule has 2 fully saturated rings. The Balaban J connectivity index is 1.07. The van der Waals surface area contributed by atoms with Crippen LogP contribution in [0.5, 0.6) is 5.75 Å². The Morgan fingerprint density at radius 2 is 1.71 bits per heavy atom. The molecule has 184 valence electrons. The lowest BCUT2D eigenvalue weighted by molar-refractivity contribution is 0.0638. The number of likely N-dealkylation sites (tertiary alicyclic amines) is 2. The molecule has 2 aliphatic heterocycles. The van der Waals surface area contributed by atoms with Gasteiger partial charge in [0.2, 0.25) is 0 Å². The van der Waals surface area contributed by atoms with Crippen LogP contribution in [0.1, 0.15) is 46.5 Å². The third-order valence-corrected chi connectivity index (χ3v) is 8.26. The molecule has 2 saturated heterocycles. The van der Waals surface area contributed by atoms with Crippen molar-refractivity contribution in [3.05, 3.63) is 88.1 Å². The molecule has 0 unspecified atom stereocenters. The first kappa shape index (κ1) is 24.1. The van der Waals surface area contributed by atoms with Gasteiger partial charge < -0.3 is 9.64 Å². The third kappa shape index (κ3) is 6.74. The topological polar surface area (TPSA) is 32.8 Å². The standard InChI is InChI=1S/C30H36N2O2S/c33-30(29-12-6-18-35-29)32-15-5-10-27(22-32)23-34-28-11-4-9-26(20-28)21-31-16-13-25(14-17-31)19-24-7-2-1-3-8-24/h1-4,6-9,11-12,18,20,25,27H,5,10,13-17,19,21-23H2/t27-/m1/s1. The van der Waals surface area contributed by atoms with Gasteiger partial charge in [-0.05, 0) is 85.8 Å². The van der Waals surface area contributed by atoms with E-state index in [9.17, 15) is 4.79 Å². The van der Waals surface area contributed by atoms with E-state index in [1.54, 1.807) is 0 Å². The summed E-state index contributed by atoms with van der Waals surface area (Å²) in [7, 11) is 0. The van der Waals surface area contributed by atoms with Gasteiger partial charge in [0.05, 0.1) is 11.5 Å². The summed E-state index contributed by atoms with van der Waals surface area (Å²) in [6, 6.07) is 23.4. The number of nitrogens with zero attached hydrogens (tertiary/aromatic N) is 2. The number of hydrogen-bond acceptors (Lipinski definition) is 4. The molecule has 4 nitrogen and oxygen atoms in total. The van der Waals surface area contributed by atoms with E-state index < -0.39 is 0 Å². The molecule has 3 aromatic rings. The fourth-order valence-corrected chi connectivity index (χ4v) is 6.13. The molecule has 2 aliphatic rings. The Hall–Kier alpha value is -2.63. The lowest BCUT2D eigenvalue weighted by Gasteiger charge is -2.32. The Kier molecular flexibility index (Phi) is 8.17. The van der Waals surface area contributed by atoms with Crippen molar-refractivity contribution in [1.82, 2.24) is 9.80 Å². The van der Waals surface area contributed by atoms with Crippen molar-refractivity contribution in [1.29, 1.82) is 0 Å². The van der Waals surface area contributed by atoms with Crippen molar-refractivity contribution in [2.24, 2.45) is 11.8 Å². The molecule has 5 rings (SSSR count). The van der Waals surface area contributed by atoms with Crippen molar-refractivity contribution >= 4 is 17.2 Å². The summed E-state index contributed by atoms with van der Waals surface area (Å²) in [6.45, 7) is 5.63. The first-order valence-electron chi connectivity index (χ1n) is 13.0. The van der Waals surface area contributed by atoms with Crippen LogP contribution in [0.25, 0.3) is 0 Å². The molecule has 2 aromatic carbocycles. The molecular formula is C30H36N2O2S. The fraction of sp³-hybridized carbons (Fsp3) is 0.433. The van der Waals surface area contributed by atoms with Gasteiger partial charge >= 0.3 is 0 Å². The maximum Gasteiger partial charge on any atom is 0.263 e. The number of carbonyl (C=O) groups excluding carboxylic acids is 1. The first-order chi connectivity index (χ1) is 17.2. The van der Waals surface area contributed by atoms with Gasteiger partial charge in [0.1, 0.15) is 5.75 Å². The van der Waals surface area contributed by atoms with Gasteiger partial charge in [0, 0.05) is 25.6 Å². The highest BCUT2D eigenvalue weighted by molar-refractivity contribution is 7.12. The number of piperidine rings is 2. The third-order valence-electron chi connectivity index (χ3n) is 7.40. The van der Waals surface area contributed by atoms with Crippen LogP contribution in [0.4, 0.5) is 0 Å². The highest BCUT2D eigenvalue weighted by Crippen LogP contribution is 2.25. The predicted molar refractivity (Wildman–Crippen MR) is 143 cm³/mol. The SMILES string of the molecule is O=C(c1cccs1)N1CCC[C@@H](COc2cccc(CN3CCC(Cc4ccccc4)CC3)c2)C1. The zero-order valence-corrected chi connectivity index (χ0v) is 21.3. The van der Waals surface area contributed by atoms with Crippen LogP contribution in [-0.2, 0) is 13.0 Å². The molecule has 0 spiro atoms. The maximum atomic E-state index is 12.7. The molecule has 0 saturated carbocycles. The molecule has 0 bridgehead atoms. The maximum absolute atomic E-state index is 12.7. The van der Waals surface area contributed by atoms with E-state index in [-0.39, 0.29) is 5.91 Å². The number of amides is 1. The first-order valence-corrected chi connectivity index (χ1v) is 13.9. The lowest BCUT2D eigenvalue weighted by atomic mass is 9.90. The molecule has 3 heterocycles. The molecule has 5 heteroatoms. The van der Waals surface area contributed by atoms with Gasteiger partial charge in [-0.25, -0.2) is 0 Å². The van der Waals surface area contributed by atoms with Gasteiger partial charge in [-0.2, -0.15) is 0 Å². The number of benzene rings is 2. The Morgan fingerprint density at radius 3 is 2.51 bits per heavy atom. The molecular weight excluding hydrogens is 452 g/mol. The number of hydrogen-bond donors (Lipinski definition) is 0. The second kappa shape index (κ2) is 11.9. The van der Waals surface area contributed by atoms with E-state index in [4.69, 9.17) is 4.74 Å². The number of carbonyl (C=O) groups is 1. The average Bonchev–Trinajstić information content (AvgIpc) is 3.44. The Labute approximate surface area is 213 Å². The predicted octanol–water partition coefficient (Wildman–Crippen LogP) is 6.13. The van der Waals surface area contributed by atoms with Crippen LogP contribution >= 0.6 is 11.3 Å². The molecule has 0 aliphatic carbocycles. The number of thiophene rings is 1. The van der Waals surface area contributed by atoms with Crippen LogP contribution < -0.4 is 4.74 Å². The minimum atomic E-state index is 0.166. The van der Waals surface area contributed by atoms with Crippen LogP contribution in [-0.4, -0.2) is 48.5 Å². The average molecular weight is 489 g/mol. The lowest BCUT2D eigenvalue weighted by Crippen LogP contribution is -2.41. The summed E-state index contributed by atoms with van der Waals surface area (Å²) in [5, 5.41) is 1.97. The summed E-state index contributed by atoms with van der Waals surface area (Å²) in [5.41, 5.74) is 2.79. The monoisotopic (exact) mass is 488 g/mol. The largest absolute Gasteiger partial charge is 0.493 e. The van der Waals surface area contributed by atoms with Crippen molar-refractivity contribution in [3.8, 4) is 5.75 Å². The zero-order valence-electron chi connectivity index (χ0n) is 20.5. The van der Waals surface area contributed by atoms with E-state index >= 15 is 0 Å². The summed E-state index contributed by atoms with van der Waals surface area (Å²) >= 11 is 1.53. The number of ether oxygens (including phenoxy) is 1. The summed E-state index contributed by atoms with van der Waals surface area (Å²) in [6.07, 6.45) is 5.91. The van der Waals surface area contributed by atoms with Crippen LogP contribution in [0, 0.1) is 11.8 Å². The molecule has 35 heavy (non-hydrogen) atoms. The minimum Gasteiger partial charge on any atom is -0.493 e. The van der Waals surface area contributed by atoms with Crippen LogP contribution in [0.3, 0.4) is 0 Å². The fourth-order valence-electron chi connectivity index (χ4n) is 5.44.